The lowest BCUT2D eigenvalue weighted by atomic mass is 10.2. The van der Waals surface area contributed by atoms with Crippen molar-refractivity contribution in [2.45, 2.75) is 0 Å². The second kappa shape index (κ2) is 5.79. The Balaban J connectivity index is 0.000000249. The zero-order valence-corrected chi connectivity index (χ0v) is 11.1. The summed E-state index contributed by atoms with van der Waals surface area (Å²) in [6.07, 6.45) is 0. The second-order valence-electron chi connectivity index (χ2n) is 2.74. The van der Waals surface area contributed by atoms with Gasteiger partial charge in [0.15, 0.2) is 10.3 Å². The van der Waals surface area contributed by atoms with Crippen LogP contribution in [0.15, 0.2) is 24.3 Å². The van der Waals surface area contributed by atoms with E-state index >= 15 is 0 Å². The summed E-state index contributed by atoms with van der Waals surface area (Å²) in [6, 6.07) is 7.48. The van der Waals surface area contributed by atoms with Crippen LogP contribution in [0.25, 0.3) is 10.8 Å². The molecule has 1 N–H and O–H groups in total. The Morgan fingerprint density at radius 2 is 1.29 bits per heavy atom. The third-order valence-corrected chi connectivity index (χ3v) is 2.16. The van der Waals surface area contributed by atoms with Crippen molar-refractivity contribution in [1.29, 1.82) is 0 Å². The van der Waals surface area contributed by atoms with Crippen molar-refractivity contribution >= 4 is 54.0 Å². The topological polar surface area (TPSA) is 80.2 Å². The highest BCUT2D eigenvalue weighted by Gasteiger charge is 2.03. The molecule has 1 heterocycles. The Morgan fingerprint density at radius 3 is 1.59 bits per heavy atom. The molecule has 0 amide bonds. The number of fused-ring (bicyclic) bond motifs is 1. The smallest absolute Gasteiger partial charge is 0.273 e. The van der Waals surface area contributed by atoms with Crippen LogP contribution in [-0.2, 0) is 9.33 Å². The highest BCUT2D eigenvalue weighted by atomic mass is 35.7. The van der Waals surface area contributed by atoms with E-state index in [1.54, 1.807) is 0 Å². The summed E-state index contributed by atoms with van der Waals surface area (Å²) in [5.74, 6) is 0. The molecule has 0 unspecified atom stereocenters. The third kappa shape index (κ3) is 5.01. The van der Waals surface area contributed by atoms with Gasteiger partial charge in [0.2, 0.25) is 0 Å². The van der Waals surface area contributed by atoms with E-state index < -0.39 is 9.33 Å². The molecule has 5 nitrogen and oxygen atoms in total. The number of nitrogens with zero attached hydrogens (tertiary/aromatic N) is 2. The van der Waals surface area contributed by atoms with Crippen molar-refractivity contribution in [3.05, 3.63) is 34.6 Å². The molecule has 92 valence electrons. The number of hydrogen-bond acceptors (Lipinski definition) is 4. The van der Waals surface area contributed by atoms with Crippen molar-refractivity contribution in [3.8, 4) is 0 Å². The summed E-state index contributed by atoms with van der Waals surface area (Å²) < 4.78 is 25.2. The molecule has 17 heavy (non-hydrogen) atoms. The standard InChI is InChI=1S/C8H4Cl2N2.ClHO3S/c9-7-5-3-1-2-4-6(5)8(10)12-11-7;1-5(2,3)4/h1-4H;(H,2,3,4). The molecule has 0 saturated carbocycles. The lowest BCUT2D eigenvalue weighted by molar-refractivity contribution is 0.501. The molecule has 0 atom stereocenters. The Morgan fingerprint density at radius 1 is 1.00 bits per heavy atom. The second-order valence-corrected chi connectivity index (χ2v) is 5.45. The molecule has 0 aliphatic heterocycles. The first-order chi connectivity index (χ1) is 7.79. The minimum Gasteiger partial charge on any atom is -0.273 e. The molecular weight excluding hydrogens is 311 g/mol. The zero-order chi connectivity index (χ0) is 13.1. The molecule has 9 heteroatoms. The lowest BCUT2D eigenvalue weighted by Gasteiger charge is -1.98. The van der Waals surface area contributed by atoms with Crippen LogP contribution in [0.1, 0.15) is 0 Å². The number of benzene rings is 1. The van der Waals surface area contributed by atoms with Crippen molar-refractivity contribution in [3.63, 3.8) is 0 Å². The Bertz CT molecular complexity index is 584. The van der Waals surface area contributed by atoms with E-state index in [1.165, 1.54) is 0 Å². The fourth-order valence-electron chi connectivity index (χ4n) is 1.04. The molecule has 0 spiro atoms. The Kier molecular flexibility index (Phi) is 4.91. The van der Waals surface area contributed by atoms with Crippen LogP contribution in [0.2, 0.25) is 10.3 Å². The Labute approximate surface area is 112 Å². The Hall–Kier alpha value is -0.660. The first-order valence-electron chi connectivity index (χ1n) is 4.02. The molecule has 2 rings (SSSR count). The van der Waals surface area contributed by atoms with Crippen LogP contribution < -0.4 is 0 Å². The lowest BCUT2D eigenvalue weighted by Crippen LogP contribution is -1.85. The minimum atomic E-state index is -4.19. The van der Waals surface area contributed by atoms with Gasteiger partial charge in [0.1, 0.15) is 0 Å². The number of halogens is 3. The quantitative estimate of drug-likeness (QED) is 0.597. The fraction of sp³-hybridized carbons (Fsp3) is 0. The molecule has 0 aliphatic carbocycles. The summed E-state index contributed by atoms with van der Waals surface area (Å²) in [7, 11) is -0.137. The van der Waals surface area contributed by atoms with E-state index in [9.17, 15) is 0 Å². The van der Waals surface area contributed by atoms with E-state index in [0.29, 0.717) is 10.3 Å². The van der Waals surface area contributed by atoms with Crippen molar-refractivity contribution in [2.75, 3.05) is 0 Å². The van der Waals surface area contributed by atoms with E-state index in [1.807, 2.05) is 24.3 Å². The SMILES string of the molecule is Clc1nnc(Cl)c2ccccc12.O=S(=O)(O)Cl. The summed E-state index contributed by atoms with van der Waals surface area (Å²) in [5, 5.41) is 9.81. The number of rotatable bonds is 0. The van der Waals surface area contributed by atoms with Gasteiger partial charge in [0, 0.05) is 21.5 Å². The molecule has 0 aliphatic rings. The normalized spacial score (nSPS) is 10.8. The van der Waals surface area contributed by atoms with Crippen molar-refractivity contribution in [1.82, 2.24) is 10.2 Å². The van der Waals surface area contributed by atoms with Crippen LogP contribution >= 0.6 is 33.9 Å². The highest BCUT2D eigenvalue weighted by Crippen LogP contribution is 2.24. The maximum atomic E-state index is 8.95. The molecule has 0 radical (unpaired) electrons. The molecular formula is C8H5Cl3N2O3S. The predicted octanol–water partition coefficient (Wildman–Crippen LogP) is 2.96. The van der Waals surface area contributed by atoms with Gasteiger partial charge in [-0.1, -0.05) is 47.5 Å². The summed E-state index contributed by atoms with van der Waals surface area (Å²) in [6.45, 7) is 0. The van der Waals surface area contributed by atoms with E-state index in [-0.39, 0.29) is 0 Å². The molecule has 0 bridgehead atoms. The van der Waals surface area contributed by atoms with Gasteiger partial charge in [-0.15, -0.1) is 10.2 Å². The van der Waals surface area contributed by atoms with Gasteiger partial charge in [-0.2, -0.15) is 8.42 Å². The van der Waals surface area contributed by atoms with Crippen LogP contribution in [-0.4, -0.2) is 23.2 Å². The van der Waals surface area contributed by atoms with Gasteiger partial charge in [-0.25, -0.2) is 0 Å². The third-order valence-electron chi connectivity index (χ3n) is 1.60. The minimum absolute atomic E-state index is 0.384. The predicted molar refractivity (Wildman–Crippen MR) is 67.0 cm³/mol. The monoisotopic (exact) mass is 314 g/mol. The molecule has 0 saturated heterocycles. The first kappa shape index (κ1) is 14.4. The number of aromatic nitrogens is 2. The summed E-state index contributed by atoms with van der Waals surface area (Å²) in [4.78, 5) is 0. The van der Waals surface area contributed by atoms with E-state index in [2.05, 4.69) is 20.9 Å². The van der Waals surface area contributed by atoms with Gasteiger partial charge in [-0.05, 0) is 0 Å². The van der Waals surface area contributed by atoms with Crippen LogP contribution in [0.4, 0.5) is 0 Å². The molecule has 1 aromatic heterocycles. The van der Waals surface area contributed by atoms with Crippen molar-refractivity contribution < 1.29 is 13.0 Å². The average molecular weight is 316 g/mol. The highest BCUT2D eigenvalue weighted by molar-refractivity contribution is 8.09. The fourth-order valence-corrected chi connectivity index (χ4v) is 1.44. The summed E-state index contributed by atoms with van der Waals surface area (Å²) in [5.41, 5.74) is 0. The zero-order valence-electron chi connectivity index (χ0n) is 8.01. The van der Waals surface area contributed by atoms with E-state index in [4.69, 9.17) is 36.2 Å². The molecule has 2 aromatic rings. The maximum Gasteiger partial charge on any atom is 0.353 e. The van der Waals surface area contributed by atoms with Gasteiger partial charge >= 0.3 is 9.33 Å². The van der Waals surface area contributed by atoms with E-state index in [0.717, 1.165) is 10.8 Å². The maximum absolute atomic E-state index is 8.95. The van der Waals surface area contributed by atoms with Crippen LogP contribution in [0, 0.1) is 0 Å². The van der Waals surface area contributed by atoms with Crippen LogP contribution in [0.3, 0.4) is 0 Å². The molecule has 1 aromatic carbocycles. The first-order valence-corrected chi connectivity index (χ1v) is 7.04. The summed E-state index contributed by atoms with van der Waals surface area (Å²) >= 11 is 11.6. The molecule has 0 fully saturated rings. The van der Waals surface area contributed by atoms with Crippen LogP contribution in [0.5, 0.6) is 0 Å². The average Bonchev–Trinajstić information content (AvgIpc) is 2.22. The van der Waals surface area contributed by atoms with Gasteiger partial charge < -0.3 is 0 Å². The largest absolute Gasteiger partial charge is 0.353 e. The number of hydrogen-bond donors (Lipinski definition) is 1. The van der Waals surface area contributed by atoms with Gasteiger partial charge in [0.05, 0.1) is 0 Å². The van der Waals surface area contributed by atoms with Crippen molar-refractivity contribution in [2.24, 2.45) is 0 Å². The van der Waals surface area contributed by atoms with Gasteiger partial charge in [0.25, 0.3) is 0 Å². The van der Waals surface area contributed by atoms with Gasteiger partial charge in [-0.3, -0.25) is 4.55 Å².